The van der Waals surface area contributed by atoms with Crippen molar-refractivity contribution in [2.45, 2.75) is 0 Å². The van der Waals surface area contributed by atoms with E-state index in [0.29, 0.717) is 16.7 Å². The third-order valence-corrected chi connectivity index (χ3v) is 6.04. The molecule has 2 aromatic heterocycles. The van der Waals surface area contributed by atoms with Crippen LogP contribution in [0.5, 0.6) is 5.75 Å². The van der Waals surface area contributed by atoms with E-state index in [9.17, 15) is 9.18 Å². The number of nitrogens with one attached hydrogen (secondary N) is 1. The van der Waals surface area contributed by atoms with Crippen molar-refractivity contribution in [2.75, 3.05) is 45.2 Å². The second-order valence-corrected chi connectivity index (χ2v) is 8.19. The fraction of sp³-hybridized carbons (Fsp3) is 0.250. The first-order chi connectivity index (χ1) is 16.5. The molecular weight excluding hydrogens is 437 g/mol. The summed E-state index contributed by atoms with van der Waals surface area (Å²) in [6, 6.07) is 13.6. The highest BCUT2D eigenvalue weighted by Crippen LogP contribution is 2.29. The Morgan fingerprint density at radius 1 is 1.12 bits per heavy atom. The number of benzene rings is 2. The average molecular weight is 459 g/mol. The Morgan fingerprint density at radius 2 is 1.85 bits per heavy atom. The zero-order chi connectivity index (χ0) is 23.8. The molecule has 0 unspecified atom stereocenters. The van der Waals surface area contributed by atoms with E-state index in [1.54, 1.807) is 0 Å². The first kappa shape index (κ1) is 21.6. The Hall–Kier alpha value is -4.23. The summed E-state index contributed by atoms with van der Waals surface area (Å²) < 4.78 is 21.1. The van der Waals surface area contributed by atoms with Gasteiger partial charge in [0.05, 0.1) is 24.3 Å². The standard InChI is InChI=1S/C24H22FN7O2/c1-30-7-9-31(10-8-30)17-5-3-16(4-6-17)22-23-19(27-28-22)13-21(33)32(29-23)24-18(25)11-15(14-26)12-20(24)34-2/h3-6,11-13,27H,7-10H2,1-2H3. The molecular formula is C24H22FN7O2. The highest BCUT2D eigenvalue weighted by atomic mass is 19.1. The lowest BCUT2D eigenvalue weighted by Crippen LogP contribution is -2.44. The molecule has 0 atom stereocenters. The van der Waals surface area contributed by atoms with Gasteiger partial charge in [-0.05, 0) is 25.2 Å². The number of methoxy groups -OCH3 is 1. The summed E-state index contributed by atoms with van der Waals surface area (Å²) in [5.41, 5.74) is 2.70. The number of rotatable bonds is 4. The van der Waals surface area contributed by atoms with E-state index in [1.165, 1.54) is 19.2 Å². The van der Waals surface area contributed by atoms with Crippen LogP contribution in [0.3, 0.4) is 0 Å². The number of hydrogen-bond donors (Lipinski definition) is 1. The highest BCUT2D eigenvalue weighted by Gasteiger charge is 2.20. The first-order valence-corrected chi connectivity index (χ1v) is 10.8. The maximum absolute atomic E-state index is 14.9. The smallest absolute Gasteiger partial charge is 0.273 e. The molecule has 9 nitrogen and oxygen atoms in total. The van der Waals surface area contributed by atoms with E-state index >= 15 is 0 Å². The van der Waals surface area contributed by atoms with Crippen LogP contribution in [0.15, 0.2) is 47.3 Å². The van der Waals surface area contributed by atoms with Gasteiger partial charge < -0.3 is 14.5 Å². The first-order valence-electron chi connectivity index (χ1n) is 10.8. The Morgan fingerprint density at radius 3 is 2.53 bits per heavy atom. The Bertz CT molecular complexity index is 1460. The molecule has 0 aliphatic carbocycles. The molecule has 4 aromatic rings. The van der Waals surface area contributed by atoms with Gasteiger partial charge in [0, 0.05) is 49.6 Å². The monoisotopic (exact) mass is 459 g/mol. The minimum absolute atomic E-state index is 0.0343. The number of fused-ring (bicyclic) bond motifs is 1. The van der Waals surface area contributed by atoms with Gasteiger partial charge in [0.1, 0.15) is 22.6 Å². The van der Waals surface area contributed by atoms with E-state index < -0.39 is 11.4 Å². The summed E-state index contributed by atoms with van der Waals surface area (Å²) in [6.07, 6.45) is 0. The fourth-order valence-corrected chi connectivity index (χ4v) is 4.14. The van der Waals surface area contributed by atoms with Crippen LogP contribution in [0.25, 0.3) is 28.0 Å². The molecule has 10 heteroatoms. The molecule has 0 radical (unpaired) electrons. The number of anilines is 1. The van der Waals surface area contributed by atoms with Gasteiger partial charge in [-0.3, -0.25) is 9.89 Å². The van der Waals surface area contributed by atoms with E-state index in [-0.39, 0.29) is 17.0 Å². The summed E-state index contributed by atoms with van der Waals surface area (Å²) >= 11 is 0. The minimum atomic E-state index is -0.786. The van der Waals surface area contributed by atoms with Crippen LogP contribution < -0.4 is 15.2 Å². The molecule has 5 rings (SSSR count). The van der Waals surface area contributed by atoms with Gasteiger partial charge in [-0.2, -0.15) is 20.1 Å². The third-order valence-electron chi connectivity index (χ3n) is 6.04. The SMILES string of the molecule is COc1cc(C#N)cc(F)c1-n1nc2c(-c3ccc(N4CCN(C)CC4)cc3)n[nH]c2cc1=O. The number of nitriles is 1. The molecule has 1 aliphatic heterocycles. The number of piperazine rings is 1. The number of H-pyrrole nitrogens is 1. The Labute approximate surface area is 194 Å². The third kappa shape index (κ3) is 3.76. The van der Waals surface area contributed by atoms with Gasteiger partial charge >= 0.3 is 0 Å². The lowest BCUT2D eigenvalue weighted by Gasteiger charge is -2.34. The lowest BCUT2D eigenvalue weighted by atomic mass is 10.1. The predicted molar refractivity (Wildman–Crippen MR) is 126 cm³/mol. The van der Waals surface area contributed by atoms with Crippen LogP contribution in [0.4, 0.5) is 10.1 Å². The second kappa shape index (κ2) is 8.61. The largest absolute Gasteiger partial charge is 0.494 e. The van der Waals surface area contributed by atoms with Crippen molar-refractivity contribution >= 4 is 16.7 Å². The molecule has 1 saturated heterocycles. The fourth-order valence-electron chi connectivity index (χ4n) is 4.14. The van der Waals surface area contributed by atoms with Crippen molar-refractivity contribution in [3.05, 3.63) is 64.2 Å². The summed E-state index contributed by atoms with van der Waals surface area (Å²) in [4.78, 5) is 17.4. The molecule has 1 aliphatic rings. The number of nitrogens with zero attached hydrogens (tertiary/aromatic N) is 6. The molecule has 172 valence electrons. The van der Waals surface area contributed by atoms with Gasteiger partial charge in [0.25, 0.3) is 5.56 Å². The van der Waals surface area contributed by atoms with Crippen molar-refractivity contribution < 1.29 is 9.13 Å². The molecule has 0 spiro atoms. The van der Waals surface area contributed by atoms with Crippen LogP contribution in [0.1, 0.15) is 5.56 Å². The van der Waals surface area contributed by atoms with Crippen molar-refractivity contribution in [1.29, 1.82) is 5.26 Å². The van der Waals surface area contributed by atoms with Crippen LogP contribution in [-0.4, -0.2) is 65.2 Å². The van der Waals surface area contributed by atoms with Crippen LogP contribution in [0, 0.1) is 17.1 Å². The lowest BCUT2D eigenvalue weighted by molar-refractivity contribution is 0.313. The highest BCUT2D eigenvalue weighted by molar-refractivity contribution is 5.89. The van der Waals surface area contributed by atoms with E-state index in [2.05, 4.69) is 32.1 Å². The maximum Gasteiger partial charge on any atom is 0.273 e. The van der Waals surface area contributed by atoms with E-state index in [1.807, 2.05) is 30.3 Å². The quantitative estimate of drug-likeness (QED) is 0.500. The van der Waals surface area contributed by atoms with Crippen LogP contribution >= 0.6 is 0 Å². The molecule has 0 saturated carbocycles. The normalized spacial score (nSPS) is 14.4. The van der Waals surface area contributed by atoms with Crippen LogP contribution in [0.2, 0.25) is 0 Å². The molecule has 2 aromatic carbocycles. The van der Waals surface area contributed by atoms with Crippen molar-refractivity contribution in [2.24, 2.45) is 0 Å². The van der Waals surface area contributed by atoms with Gasteiger partial charge in [0.15, 0.2) is 5.82 Å². The summed E-state index contributed by atoms with van der Waals surface area (Å²) in [5.74, 6) is -0.751. The van der Waals surface area contributed by atoms with Gasteiger partial charge in [-0.15, -0.1) is 0 Å². The second-order valence-electron chi connectivity index (χ2n) is 8.19. The number of likely N-dealkylation sites (N-methyl/N-ethyl adjacent to an activating group) is 1. The number of aromatic amines is 1. The molecule has 0 amide bonds. The number of aromatic nitrogens is 4. The molecule has 1 N–H and O–H groups in total. The van der Waals surface area contributed by atoms with Gasteiger partial charge in [0.2, 0.25) is 0 Å². The Kier molecular flexibility index (Phi) is 5.47. The van der Waals surface area contributed by atoms with Crippen LogP contribution in [-0.2, 0) is 0 Å². The topological polar surface area (TPSA) is 103 Å². The summed E-state index contributed by atoms with van der Waals surface area (Å²) in [7, 11) is 3.46. The number of halogens is 1. The van der Waals surface area contributed by atoms with Crippen molar-refractivity contribution in [3.8, 4) is 28.8 Å². The summed E-state index contributed by atoms with van der Waals surface area (Å²) in [5, 5.41) is 20.7. The minimum Gasteiger partial charge on any atom is -0.494 e. The Balaban J connectivity index is 1.56. The predicted octanol–water partition coefficient (Wildman–Crippen LogP) is 2.55. The molecule has 1 fully saturated rings. The summed E-state index contributed by atoms with van der Waals surface area (Å²) in [6.45, 7) is 3.96. The molecule has 34 heavy (non-hydrogen) atoms. The number of ether oxygens (including phenoxy) is 1. The average Bonchev–Trinajstić information content (AvgIpc) is 3.26. The van der Waals surface area contributed by atoms with Crippen molar-refractivity contribution in [3.63, 3.8) is 0 Å². The van der Waals surface area contributed by atoms with Crippen molar-refractivity contribution in [1.82, 2.24) is 24.9 Å². The van der Waals surface area contributed by atoms with Gasteiger partial charge in [-0.25, -0.2) is 4.39 Å². The molecule has 3 heterocycles. The zero-order valence-electron chi connectivity index (χ0n) is 18.7. The number of hydrogen-bond acceptors (Lipinski definition) is 7. The van der Waals surface area contributed by atoms with Gasteiger partial charge in [-0.1, -0.05) is 12.1 Å². The van der Waals surface area contributed by atoms with E-state index in [4.69, 9.17) is 10.00 Å². The molecule has 0 bridgehead atoms. The maximum atomic E-state index is 14.9. The van der Waals surface area contributed by atoms with E-state index in [0.717, 1.165) is 48.2 Å². The zero-order valence-corrected chi connectivity index (χ0v) is 18.7.